The molecule has 1 aromatic heterocycles. The summed E-state index contributed by atoms with van der Waals surface area (Å²) in [6, 6.07) is 6.99. The maximum Gasteiger partial charge on any atom is 0.158 e. The van der Waals surface area contributed by atoms with E-state index in [2.05, 4.69) is 15.3 Å². The Hall–Kier alpha value is -1.56. The summed E-state index contributed by atoms with van der Waals surface area (Å²) < 4.78 is 10.4. The van der Waals surface area contributed by atoms with Gasteiger partial charge in [0.05, 0.1) is 12.1 Å². The molecule has 0 amide bonds. The van der Waals surface area contributed by atoms with Crippen LogP contribution in [0.15, 0.2) is 24.3 Å². The van der Waals surface area contributed by atoms with Crippen LogP contribution >= 0.6 is 23.2 Å². The fourth-order valence-electron chi connectivity index (χ4n) is 1.68. The van der Waals surface area contributed by atoms with Gasteiger partial charge in [-0.1, -0.05) is 23.2 Å². The predicted molar refractivity (Wildman–Crippen MR) is 83.7 cm³/mol. The van der Waals surface area contributed by atoms with Crippen molar-refractivity contribution in [3.05, 3.63) is 40.3 Å². The Bertz CT molecular complexity index is 623. The smallest absolute Gasteiger partial charge is 0.158 e. The summed E-state index contributed by atoms with van der Waals surface area (Å²) in [5.74, 6) is 1.71. The second kappa shape index (κ2) is 7.45. The van der Waals surface area contributed by atoms with Gasteiger partial charge in [-0.25, -0.2) is 9.97 Å². The maximum absolute atomic E-state index is 6.08. The lowest BCUT2D eigenvalue weighted by molar-refractivity contribution is 0.128. The van der Waals surface area contributed by atoms with Crippen LogP contribution in [0, 0.1) is 0 Å². The van der Waals surface area contributed by atoms with E-state index in [-0.39, 0.29) is 0 Å². The van der Waals surface area contributed by atoms with E-state index in [1.165, 1.54) is 0 Å². The number of nitrogens with zero attached hydrogens (tertiary/aromatic N) is 2. The fraction of sp³-hybridized carbons (Fsp3) is 0.286. The van der Waals surface area contributed by atoms with Crippen LogP contribution in [0.2, 0.25) is 10.2 Å². The molecular weight excluding hydrogens is 313 g/mol. The van der Waals surface area contributed by atoms with E-state index in [0.717, 1.165) is 5.69 Å². The van der Waals surface area contributed by atoms with E-state index in [1.54, 1.807) is 25.3 Å². The molecule has 0 unspecified atom stereocenters. The standard InChI is InChI=1S/C14H15Cl2N3O2/c1-3-21-8-14-18-12(16)7-13(19-14)17-9-4-5-11(20-2)10(15)6-9/h4-7H,3,8H2,1-2H3,(H,17,18,19). The van der Waals surface area contributed by atoms with Gasteiger partial charge >= 0.3 is 0 Å². The zero-order valence-electron chi connectivity index (χ0n) is 11.7. The molecule has 2 aromatic rings. The number of hydrogen-bond acceptors (Lipinski definition) is 5. The first-order valence-electron chi connectivity index (χ1n) is 6.34. The van der Waals surface area contributed by atoms with Crippen LogP contribution in [0.1, 0.15) is 12.7 Å². The summed E-state index contributed by atoms with van der Waals surface area (Å²) in [6.07, 6.45) is 0. The molecule has 21 heavy (non-hydrogen) atoms. The summed E-state index contributed by atoms with van der Waals surface area (Å²) in [5.41, 5.74) is 0.776. The van der Waals surface area contributed by atoms with Gasteiger partial charge in [-0.05, 0) is 25.1 Å². The average molecular weight is 328 g/mol. The number of hydrogen-bond donors (Lipinski definition) is 1. The number of nitrogens with one attached hydrogen (secondary N) is 1. The van der Waals surface area contributed by atoms with E-state index in [4.69, 9.17) is 32.7 Å². The number of anilines is 2. The normalized spacial score (nSPS) is 10.5. The minimum atomic E-state index is 0.315. The molecule has 5 nitrogen and oxygen atoms in total. The third-order valence-electron chi connectivity index (χ3n) is 2.60. The highest BCUT2D eigenvalue weighted by atomic mass is 35.5. The molecule has 0 saturated heterocycles. The summed E-state index contributed by atoms with van der Waals surface area (Å²) in [6.45, 7) is 2.81. The Morgan fingerprint density at radius 2 is 2.00 bits per heavy atom. The Kier molecular flexibility index (Phi) is 5.61. The average Bonchev–Trinajstić information content (AvgIpc) is 2.45. The molecule has 1 aromatic carbocycles. The highest BCUT2D eigenvalue weighted by Crippen LogP contribution is 2.28. The van der Waals surface area contributed by atoms with Crippen LogP contribution in [-0.2, 0) is 11.3 Å². The van der Waals surface area contributed by atoms with Crippen molar-refractivity contribution in [2.75, 3.05) is 19.0 Å². The van der Waals surface area contributed by atoms with Crippen molar-refractivity contribution in [1.82, 2.24) is 9.97 Å². The van der Waals surface area contributed by atoms with Crippen molar-refractivity contribution in [2.45, 2.75) is 13.5 Å². The van der Waals surface area contributed by atoms with Crippen molar-refractivity contribution in [2.24, 2.45) is 0 Å². The quantitative estimate of drug-likeness (QED) is 0.810. The predicted octanol–water partition coefficient (Wildman–Crippen LogP) is 4.07. The van der Waals surface area contributed by atoms with Crippen LogP contribution in [0.5, 0.6) is 5.75 Å². The fourth-order valence-corrected chi connectivity index (χ4v) is 2.14. The van der Waals surface area contributed by atoms with Gasteiger partial charge in [0, 0.05) is 18.4 Å². The van der Waals surface area contributed by atoms with Crippen LogP contribution in [0.25, 0.3) is 0 Å². The molecule has 1 N–H and O–H groups in total. The maximum atomic E-state index is 6.08. The van der Waals surface area contributed by atoms with Gasteiger partial charge in [-0.2, -0.15) is 0 Å². The first-order valence-corrected chi connectivity index (χ1v) is 7.09. The highest BCUT2D eigenvalue weighted by Gasteiger charge is 2.06. The monoisotopic (exact) mass is 327 g/mol. The molecule has 0 bridgehead atoms. The molecule has 0 fully saturated rings. The van der Waals surface area contributed by atoms with E-state index in [0.29, 0.717) is 40.8 Å². The van der Waals surface area contributed by atoms with Gasteiger partial charge in [0.25, 0.3) is 0 Å². The van der Waals surface area contributed by atoms with Crippen LogP contribution in [0.3, 0.4) is 0 Å². The third-order valence-corrected chi connectivity index (χ3v) is 3.09. The van der Waals surface area contributed by atoms with Gasteiger partial charge in [0.1, 0.15) is 23.3 Å². The van der Waals surface area contributed by atoms with Crippen LogP contribution in [0.4, 0.5) is 11.5 Å². The second-order valence-corrected chi connectivity index (χ2v) is 4.90. The lowest BCUT2D eigenvalue weighted by Crippen LogP contribution is -2.03. The molecule has 1 heterocycles. The van der Waals surface area contributed by atoms with E-state index in [9.17, 15) is 0 Å². The first-order chi connectivity index (χ1) is 10.1. The number of aromatic nitrogens is 2. The second-order valence-electron chi connectivity index (χ2n) is 4.10. The highest BCUT2D eigenvalue weighted by molar-refractivity contribution is 6.32. The molecule has 0 radical (unpaired) electrons. The Morgan fingerprint density at radius 1 is 1.19 bits per heavy atom. The van der Waals surface area contributed by atoms with Gasteiger partial charge in [0.2, 0.25) is 0 Å². The zero-order chi connectivity index (χ0) is 15.2. The largest absolute Gasteiger partial charge is 0.495 e. The van der Waals surface area contributed by atoms with E-state index in [1.807, 2.05) is 13.0 Å². The van der Waals surface area contributed by atoms with Crippen molar-refractivity contribution >= 4 is 34.7 Å². The van der Waals surface area contributed by atoms with Crippen molar-refractivity contribution in [1.29, 1.82) is 0 Å². The SMILES string of the molecule is CCOCc1nc(Cl)cc(Nc2ccc(OC)c(Cl)c2)n1. The van der Waals surface area contributed by atoms with Crippen molar-refractivity contribution in [3.63, 3.8) is 0 Å². The molecule has 0 saturated carbocycles. The first kappa shape index (κ1) is 15.8. The van der Waals surface area contributed by atoms with Crippen LogP contribution < -0.4 is 10.1 Å². The number of rotatable bonds is 6. The lowest BCUT2D eigenvalue weighted by Gasteiger charge is -2.10. The van der Waals surface area contributed by atoms with E-state index < -0.39 is 0 Å². The summed E-state index contributed by atoms with van der Waals surface area (Å²) >= 11 is 12.1. The summed E-state index contributed by atoms with van der Waals surface area (Å²) in [4.78, 5) is 8.43. The Balaban J connectivity index is 2.18. The number of ether oxygens (including phenoxy) is 2. The third kappa shape index (κ3) is 4.46. The number of benzene rings is 1. The molecule has 0 aliphatic heterocycles. The molecule has 0 spiro atoms. The molecule has 0 aliphatic carbocycles. The topological polar surface area (TPSA) is 56.3 Å². The minimum absolute atomic E-state index is 0.315. The molecule has 0 aliphatic rings. The zero-order valence-corrected chi connectivity index (χ0v) is 13.2. The lowest BCUT2D eigenvalue weighted by atomic mass is 10.3. The number of halogens is 2. The van der Waals surface area contributed by atoms with Crippen LogP contribution in [-0.4, -0.2) is 23.7 Å². The summed E-state index contributed by atoms with van der Waals surface area (Å²) in [7, 11) is 1.57. The molecular formula is C14H15Cl2N3O2. The van der Waals surface area contributed by atoms with Crippen molar-refractivity contribution < 1.29 is 9.47 Å². The van der Waals surface area contributed by atoms with Gasteiger partial charge < -0.3 is 14.8 Å². The van der Waals surface area contributed by atoms with Gasteiger partial charge in [-0.3, -0.25) is 0 Å². The van der Waals surface area contributed by atoms with E-state index >= 15 is 0 Å². The Morgan fingerprint density at radius 3 is 2.67 bits per heavy atom. The van der Waals surface area contributed by atoms with Gasteiger partial charge in [-0.15, -0.1) is 0 Å². The molecule has 112 valence electrons. The minimum Gasteiger partial charge on any atom is -0.495 e. The van der Waals surface area contributed by atoms with Crippen molar-refractivity contribution in [3.8, 4) is 5.75 Å². The molecule has 0 atom stereocenters. The van der Waals surface area contributed by atoms with Gasteiger partial charge in [0.15, 0.2) is 5.82 Å². The number of methoxy groups -OCH3 is 1. The molecule has 7 heteroatoms. The summed E-state index contributed by atoms with van der Waals surface area (Å²) in [5, 5.41) is 3.98. The molecule has 2 rings (SSSR count). The Labute approximate surface area is 133 Å².